The van der Waals surface area contributed by atoms with Crippen LogP contribution in [0.5, 0.6) is 0 Å². The Morgan fingerprint density at radius 3 is 2.65 bits per heavy atom. The van der Waals surface area contributed by atoms with Crippen LogP contribution in [0.3, 0.4) is 0 Å². The number of rotatable bonds is 3. The van der Waals surface area contributed by atoms with Crippen LogP contribution in [0.2, 0.25) is 5.02 Å². The van der Waals surface area contributed by atoms with Crippen LogP contribution in [-0.4, -0.2) is 46.3 Å². The Morgan fingerprint density at radius 2 is 2.04 bits per heavy atom. The van der Waals surface area contributed by atoms with Crippen molar-refractivity contribution in [1.29, 1.82) is 0 Å². The molecule has 2 heterocycles. The molecule has 1 aromatic rings. The summed E-state index contributed by atoms with van der Waals surface area (Å²) in [6, 6.07) is 0.0461. The molecule has 2 aliphatic rings. The van der Waals surface area contributed by atoms with Gasteiger partial charge in [0.05, 0.1) is 17.3 Å². The molecule has 1 N–H and O–H groups in total. The number of nitrogens with one attached hydrogen (secondary N) is 1. The summed E-state index contributed by atoms with van der Waals surface area (Å²) < 4.78 is 27.1. The van der Waals surface area contributed by atoms with E-state index in [0.717, 1.165) is 6.42 Å². The standard InChI is InChI=1S/C15H21ClF2N4O/c16-11-7-19-22(8-11)13-5-6-21(9-13)15(23)20-12-3-1-10(2-4-12)14(17)18/h7-8,10,12-14H,1-6,9H2,(H,20,23). The van der Waals surface area contributed by atoms with Gasteiger partial charge in [-0.05, 0) is 32.1 Å². The summed E-state index contributed by atoms with van der Waals surface area (Å²) in [6.45, 7) is 1.26. The molecule has 0 aromatic carbocycles. The third-order valence-corrected chi connectivity index (χ3v) is 5.05. The quantitative estimate of drug-likeness (QED) is 0.912. The molecule has 1 aliphatic carbocycles. The molecule has 3 rings (SSSR count). The average molecular weight is 347 g/mol. The summed E-state index contributed by atoms with van der Waals surface area (Å²) in [5.41, 5.74) is 0. The van der Waals surface area contributed by atoms with Gasteiger partial charge in [0.15, 0.2) is 0 Å². The number of amides is 2. The van der Waals surface area contributed by atoms with Gasteiger partial charge in [-0.2, -0.15) is 5.10 Å². The van der Waals surface area contributed by atoms with Gasteiger partial charge in [0.2, 0.25) is 6.43 Å². The summed E-state index contributed by atoms with van der Waals surface area (Å²) in [6.07, 6.45) is 4.18. The van der Waals surface area contributed by atoms with E-state index in [1.54, 1.807) is 22.0 Å². The van der Waals surface area contributed by atoms with E-state index in [4.69, 9.17) is 11.6 Å². The minimum absolute atomic E-state index is 0.00991. The average Bonchev–Trinajstić information content (AvgIpc) is 3.16. The first kappa shape index (κ1) is 16.5. The Morgan fingerprint density at radius 1 is 1.30 bits per heavy atom. The number of nitrogens with zero attached hydrogens (tertiary/aromatic N) is 3. The maximum Gasteiger partial charge on any atom is 0.317 e. The summed E-state index contributed by atoms with van der Waals surface area (Å²) in [7, 11) is 0. The van der Waals surface area contributed by atoms with Crippen LogP contribution in [-0.2, 0) is 0 Å². The lowest BCUT2D eigenvalue weighted by Crippen LogP contribution is -2.45. The third-order valence-electron chi connectivity index (χ3n) is 4.85. The van der Waals surface area contributed by atoms with E-state index in [9.17, 15) is 13.6 Å². The highest BCUT2D eigenvalue weighted by Gasteiger charge is 2.31. The van der Waals surface area contributed by atoms with Gasteiger partial charge in [-0.15, -0.1) is 0 Å². The van der Waals surface area contributed by atoms with Gasteiger partial charge in [-0.25, -0.2) is 13.6 Å². The fourth-order valence-corrected chi connectivity index (χ4v) is 3.58. The molecule has 8 heteroatoms. The van der Waals surface area contributed by atoms with Crippen LogP contribution in [0.4, 0.5) is 13.6 Å². The fourth-order valence-electron chi connectivity index (χ4n) is 3.44. The van der Waals surface area contributed by atoms with Crippen molar-refractivity contribution in [3.8, 4) is 0 Å². The monoisotopic (exact) mass is 346 g/mol. The molecule has 0 spiro atoms. The van der Waals surface area contributed by atoms with Crippen LogP contribution in [0.1, 0.15) is 38.1 Å². The Bertz CT molecular complexity index is 545. The van der Waals surface area contributed by atoms with E-state index in [-0.39, 0.29) is 18.1 Å². The van der Waals surface area contributed by atoms with E-state index in [1.165, 1.54) is 0 Å². The van der Waals surface area contributed by atoms with E-state index in [2.05, 4.69) is 10.4 Å². The molecule has 1 aromatic heterocycles. The number of likely N-dealkylation sites (tertiary alicyclic amines) is 1. The van der Waals surface area contributed by atoms with Gasteiger partial charge >= 0.3 is 6.03 Å². The number of carbonyl (C=O) groups excluding carboxylic acids is 1. The van der Waals surface area contributed by atoms with E-state index in [0.29, 0.717) is 43.8 Å². The molecule has 1 saturated carbocycles. The maximum atomic E-state index is 12.6. The van der Waals surface area contributed by atoms with Crippen molar-refractivity contribution in [3.05, 3.63) is 17.4 Å². The summed E-state index contributed by atoms with van der Waals surface area (Å²) in [5.74, 6) is -0.510. The largest absolute Gasteiger partial charge is 0.335 e. The van der Waals surface area contributed by atoms with Gasteiger partial charge < -0.3 is 10.2 Å². The van der Waals surface area contributed by atoms with Gasteiger partial charge in [-0.1, -0.05) is 11.6 Å². The molecule has 5 nitrogen and oxygen atoms in total. The van der Waals surface area contributed by atoms with Crippen molar-refractivity contribution in [3.63, 3.8) is 0 Å². The number of aromatic nitrogens is 2. The van der Waals surface area contributed by atoms with Gasteiger partial charge in [0.25, 0.3) is 0 Å². The highest BCUT2D eigenvalue weighted by molar-refractivity contribution is 6.30. The summed E-state index contributed by atoms with van der Waals surface area (Å²) >= 11 is 5.87. The van der Waals surface area contributed by atoms with E-state index >= 15 is 0 Å². The van der Waals surface area contributed by atoms with Crippen LogP contribution in [0, 0.1) is 5.92 Å². The maximum absolute atomic E-state index is 12.6. The molecular weight excluding hydrogens is 326 g/mol. The number of carbonyl (C=O) groups is 1. The molecule has 0 bridgehead atoms. The van der Waals surface area contributed by atoms with Crippen LogP contribution in [0.25, 0.3) is 0 Å². The van der Waals surface area contributed by atoms with E-state index in [1.807, 2.05) is 0 Å². The first-order valence-corrected chi connectivity index (χ1v) is 8.44. The van der Waals surface area contributed by atoms with Gasteiger partial charge in [0.1, 0.15) is 0 Å². The zero-order chi connectivity index (χ0) is 16.4. The minimum atomic E-state index is -2.24. The lowest BCUT2D eigenvalue weighted by molar-refractivity contribution is 0.0511. The third kappa shape index (κ3) is 3.94. The number of halogens is 3. The zero-order valence-electron chi connectivity index (χ0n) is 12.8. The SMILES string of the molecule is O=C(NC1CCC(C(F)F)CC1)N1CCC(n2cc(Cl)cn2)C1. The lowest BCUT2D eigenvalue weighted by Gasteiger charge is -2.30. The summed E-state index contributed by atoms with van der Waals surface area (Å²) in [4.78, 5) is 14.1. The number of urea groups is 1. The first-order chi connectivity index (χ1) is 11.0. The van der Waals surface area contributed by atoms with E-state index < -0.39 is 12.3 Å². The predicted octanol–water partition coefficient (Wildman–Crippen LogP) is 3.32. The molecule has 1 unspecified atom stereocenters. The number of hydrogen-bond donors (Lipinski definition) is 1. The van der Waals surface area contributed by atoms with Crippen molar-refractivity contribution >= 4 is 17.6 Å². The highest BCUT2D eigenvalue weighted by Crippen LogP contribution is 2.29. The Hall–Kier alpha value is -1.37. The van der Waals surface area contributed by atoms with Crippen molar-refractivity contribution < 1.29 is 13.6 Å². The molecular formula is C15H21ClF2N4O. The van der Waals surface area contributed by atoms with Crippen molar-refractivity contribution in [2.24, 2.45) is 5.92 Å². The van der Waals surface area contributed by atoms with Crippen molar-refractivity contribution in [1.82, 2.24) is 20.0 Å². The summed E-state index contributed by atoms with van der Waals surface area (Å²) in [5, 5.41) is 7.76. The Kier molecular flexibility index (Phi) is 5.04. The second kappa shape index (κ2) is 7.03. The smallest absolute Gasteiger partial charge is 0.317 e. The Balaban J connectivity index is 1.46. The van der Waals surface area contributed by atoms with Crippen LogP contribution >= 0.6 is 11.6 Å². The second-order valence-corrected chi connectivity index (χ2v) is 6.86. The Labute approximate surface area is 139 Å². The second-order valence-electron chi connectivity index (χ2n) is 6.42. The fraction of sp³-hybridized carbons (Fsp3) is 0.733. The molecule has 23 heavy (non-hydrogen) atoms. The topological polar surface area (TPSA) is 50.2 Å². The molecule has 1 saturated heterocycles. The van der Waals surface area contributed by atoms with Crippen molar-refractivity contribution in [2.75, 3.05) is 13.1 Å². The van der Waals surface area contributed by atoms with Gasteiger partial charge in [-0.3, -0.25) is 4.68 Å². The number of hydrogen-bond acceptors (Lipinski definition) is 2. The normalized spacial score (nSPS) is 28.3. The van der Waals surface area contributed by atoms with Crippen molar-refractivity contribution in [2.45, 2.75) is 50.6 Å². The van der Waals surface area contributed by atoms with Crippen LogP contribution in [0.15, 0.2) is 12.4 Å². The molecule has 0 radical (unpaired) electrons. The van der Waals surface area contributed by atoms with Crippen LogP contribution < -0.4 is 5.32 Å². The zero-order valence-corrected chi connectivity index (χ0v) is 13.6. The minimum Gasteiger partial charge on any atom is -0.335 e. The number of alkyl halides is 2. The lowest BCUT2D eigenvalue weighted by atomic mass is 9.86. The first-order valence-electron chi connectivity index (χ1n) is 8.06. The molecule has 1 atom stereocenters. The molecule has 2 fully saturated rings. The molecule has 128 valence electrons. The molecule has 1 aliphatic heterocycles. The predicted molar refractivity (Wildman–Crippen MR) is 82.7 cm³/mol. The highest BCUT2D eigenvalue weighted by atomic mass is 35.5. The molecule has 2 amide bonds. The van der Waals surface area contributed by atoms with Gasteiger partial charge in [0, 0.05) is 31.2 Å².